The van der Waals surface area contributed by atoms with Crippen molar-refractivity contribution in [2.45, 2.75) is 11.8 Å². The van der Waals surface area contributed by atoms with E-state index >= 15 is 0 Å². The van der Waals surface area contributed by atoms with Crippen molar-refractivity contribution < 1.29 is 17.9 Å². The van der Waals surface area contributed by atoms with Crippen LogP contribution >= 0.6 is 23.2 Å². The molecule has 0 heterocycles. The van der Waals surface area contributed by atoms with Crippen LogP contribution in [0.1, 0.15) is 6.92 Å². The van der Waals surface area contributed by atoms with Crippen LogP contribution in [0.15, 0.2) is 17.0 Å². The molecule has 118 valence electrons. The van der Waals surface area contributed by atoms with Gasteiger partial charge in [0.1, 0.15) is 4.90 Å². The monoisotopic (exact) mass is 354 g/mol. The molecule has 0 spiro atoms. The summed E-state index contributed by atoms with van der Waals surface area (Å²) in [6.07, 6.45) is 0. The van der Waals surface area contributed by atoms with E-state index in [2.05, 4.69) is 4.74 Å². The second-order valence-electron chi connectivity index (χ2n) is 4.48. The maximum atomic E-state index is 12.5. The van der Waals surface area contributed by atoms with Crippen molar-refractivity contribution in [2.75, 3.05) is 26.4 Å². The molecular weight excluding hydrogens is 339 g/mol. The maximum absolute atomic E-state index is 12.5. The first kappa shape index (κ1) is 18.0. The third-order valence-corrected chi connectivity index (χ3v) is 5.63. The molecule has 0 aromatic heterocycles. The van der Waals surface area contributed by atoms with Gasteiger partial charge in [0, 0.05) is 13.6 Å². The van der Waals surface area contributed by atoms with Gasteiger partial charge in [0.25, 0.3) is 0 Å². The number of rotatable bonds is 5. The highest BCUT2D eigenvalue weighted by molar-refractivity contribution is 7.89. The first-order chi connectivity index (χ1) is 9.62. The van der Waals surface area contributed by atoms with E-state index in [4.69, 9.17) is 28.9 Å². The standard InChI is InChI=1S/C12H16Cl2N2O4S/c1-7(12(17)20-3)6-16(2)21(18,19)9-5-4-8(13)11(15)10(9)14/h4-5,7H,6,15H2,1-3H3. The Morgan fingerprint density at radius 2 is 2.00 bits per heavy atom. The fourth-order valence-electron chi connectivity index (χ4n) is 1.68. The summed E-state index contributed by atoms with van der Waals surface area (Å²) in [5, 5.41) is 0.0320. The van der Waals surface area contributed by atoms with E-state index in [1.165, 1.54) is 26.3 Å². The third-order valence-electron chi connectivity index (χ3n) is 2.91. The largest absolute Gasteiger partial charge is 0.469 e. The smallest absolute Gasteiger partial charge is 0.309 e. The molecule has 0 bridgehead atoms. The maximum Gasteiger partial charge on any atom is 0.309 e. The number of hydrogen-bond acceptors (Lipinski definition) is 5. The van der Waals surface area contributed by atoms with Crippen molar-refractivity contribution in [3.05, 3.63) is 22.2 Å². The summed E-state index contributed by atoms with van der Waals surface area (Å²) >= 11 is 11.7. The van der Waals surface area contributed by atoms with Gasteiger partial charge in [-0.1, -0.05) is 30.1 Å². The lowest BCUT2D eigenvalue weighted by molar-refractivity contribution is -0.144. The minimum Gasteiger partial charge on any atom is -0.469 e. The number of carbonyl (C=O) groups excluding carboxylic acids is 1. The van der Waals surface area contributed by atoms with Crippen LogP contribution in [0.5, 0.6) is 0 Å². The van der Waals surface area contributed by atoms with Gasteiger partial charge in [-0.3, -0.25) is 4.79 Å². The van der Waals surface area contributed by atoms with Gasteiger partial charge in [-0.05, 0) is 12.1 Å². The van der Waals surface area contributed by atoms with Crippen molar-refractivity contribution in [3.8, 4) is 0 Å². The molecule has 2 N–H and O–H groups in total. The fourth-order valence-corrected chi connectivity index (χ4v) is 3.67. The summed E-state index contributed by atoms with van der Waals surface area (Å²) in [5.41, 5.74) is 5.62. The Labute approximate surface area is 133 Å². The van der Waals surface area contributed by atoms with E-state index in [0.29, 0.717) is 0 Å². The Morgan fingerprint density at radius 3 is 2.52 bits per heavy atom. The zero-order valence-electron chi connectivity index (χ0n) is 11.8. The zero-order valence-corrected chi connectivity index (χ0v) is 14.1. The highest BCUT2D eigenvalue weighted by Crippen LogP contribution is 2.34. The SMILES string of the molecule is COC(=O)C(C)CN(C)S(=O)(=O)c1ccc(Cl)c(N)c1Cl. The van der Waals surface area contributed by atoms with E-state index in [0.717, 1.165) is 4.31 Å². The second kappa shape index (κ2) is 6.83. The molecule has 1 aromatic rings. The van der Waals surface area contributed by atoms with Gasteiger partial charge in [-0.25, -0.2) is 12.7 Å². The van der Waals surface area contributed by atoms with E-state index in [1.54, 1.807) is 6.92 Å². The highest BCUT2D eigenvalue weighted by Gasteiger charge is 2.28. The molecule has 0 aliphatic rings. The Kier molecular flexibility index (Phi) is 5.86. The van der Waals surface area contributed by atoms with Crippen molar-refractivity contribution in [1.82, 2.24) is 4.31 Å². The molecule has 0 saturated carbocycles. The average molecular weight is 355 g/mol. The number of esters is 1. The van der Waals surface area contributed by atoms with Crippen molar-refractivity contribution >= 4 is 44.9 Å². The molecule has 9 heteroatoms. The fraction of sp³-hybridized carbons (Fsp3) is 0.417. The number of carbonyl (C=O) groups is 1. The number of methoxy groups -OCH3 is 1. The summed E-state index contributed by atoms with van der Waals surface area (Å²) in [7, 11) is -1.31. The van der Waals surface area contributed by atoms with Crippen molar-refractivity contribution in [1.29, 1.82) is 0 Å². The van der Waals surface area contributed by atoms with E-state index in [9.17, 15) is 13.2 Å². The average Bonchev–Trinajstić information content (AvgIpc) is 2.43. The highest BCUT2D eigenvalue weighted by atomic mass is 35.5. The van der Waals surface area contributed by atoms with Gasteiger partial charge >= 0.3 is 5.97 Å². The summed E-state index contributed by atoms with van der Waals surface area (Å²) in [4.78, 5) is 11.2. The van der Waals surface area contributed by atoms with Crippen LogP contribution in [0.3, 0.4) is 0 Å². The lowest BCUT2D eigenvalue weighted by Crippen LogP contribution is -2.34. The summed E-state index contributed by atoms with van der Waals surface area (Å²) in [6, 6.07) is 2.63. The predicted octanol–water partition coefficient (Wildman–Crippen LogP) is 2.01. The molecule has 0 fully saturated rings. The Bertz CT molecular complexity index is 649. The first-order valence-electron chi connectivity index (χ1n) is 5.90. The van der Waals surface area contributed by atoms with Gasteiger partial charge in [0.15, 0.2) is 0 Å². The van der Waals surface area contributed by atoms with Crippen LogP contribution < -0.4 is 5.73 Å². The topological polar surface area (TPSA) is 89.7 Å². The lowest BCUT2D eigenvalue weighted by Gasteiger charge is -2.21. The Morgan fingerprint density at radius 1 is 1.43 bits per heavy atom. The summed E-state index contributed by atoms with van der Waals surface area (Å²) in [6.45, 7) is 1.52. The second-order valence-corrected chi connectivity index (χ2v) is 7.28. The number of nitrogens with zero attached hydrogens (tertiary/aromatic N) is 1. The molecule has 6 nitrogen and oxygen atoms in total. The Balaban J connectivity index is 3.12. The summed E-state index contributed by atoms with van der Waals surface area (Å²) in [5.74, 6) is -1.11. The van der Waals surface area contributed by atoms with E-state index in [1.807, 2.05) is 0 Å². The van der Waals surface area contributed by atoms with Crippen LogP contribution in [0.4, 0.5) is 5.69 Å². The molecule has 0 saturated heterocycles. The Hall–Kier alpha value is -1.02. The zero-order chi connectivity index (χ0) is 16.4. The molecule has 0 aliphatic carbocycles. The quantitative estimate of drug-likeness (QED) is 0.645. The molecule has 1 atom stereocenters. The van der Waals surface area contributed by atoms with Crippen molar-refractivity contribution in [3.63, 3.8) is 0 Å². The molecule has 1 aromatic carbocycles. The molecular formula is C12H16Cl2N2O4S. The lowest BCUT2D eigenvalue weighted by atomic mass is 10.2. The van der Waals surface area contributed by atoms with Crippen molar-refractivity contribution in [2.24, 2.45) is 5.92 Å². The number of benzene rings is 1. The number of anilines is 1. The van der Waals surface area contributed by atoms with E-state index < -0.39 is 21.9 Å². The van der Waals surface area contributed by atoms with Crippen LogP contribution in [0.25, 0.3) is 0 Å². The molecule has 0 aliphatic heterocycles. The van der Waals surface area contributed by atoms with Gasteiger partial charge in [0.05, 0.1) is 28.8 Å². The minimum absolute atomic E-state index is 0.00572. The molecule has 0 amide bonds. The van der Waals surface area contributed by atoms with Crippen LogP contribution in [0, 0.1) is 5.92 Å². The normalized spacial score (nSPS) is 13.2. The van der Waals surface area contributed by atoms with Gasteiger partial charge < -0.3 is 10.5 Å². The molecule has 21 heavy (non-hydrogen) atoms. The summed E-state index contributed by atoms with van der Waals surface area (Å²) < 4.78 is 30.5. The number of nitrogen functional groups attached to an aromatic ring is 1. The van der Waals surface area contributed by atoms with Gasteiger partial charge in [0.2, 0.25) is 10.0 Å². The third kappa shape index (κ3) is 3.79. The molecule has 1 unspecified atom stereocenters. The van der Waals surface area contributed by atoms with Crippen LogP contribution in [-0.4, -0.2) is 39.4 Å². The van der Waals surface area contributed by atoms with Crippen LogP contribution in [-0.2, 0) is 19.6 Å². The van der Waals surface area contributed by atoms with Gasteiger partial charge in [-0.2, -0.15) is 0 Å². The number of halogens is 2. The molecule has 0 radical (unpaired) electrons. The minimum atomic E-state index is -3.89. The number of sulfonamides is 1. The number of ether oxygens (including phenoxy) is 1. The molecule has 1 rings (SSSR count). The van der Waals surface area contributed by atoms with Gasteiger partial charge in [-0.15, -0.1) is 0 Å². The first-order valence-corrected chi connectivity index (χ1v) is 8.10. The number of nitrogens with two attached hydrogens (primary N) is 1. The number of hydrogen-bond donors (Lipinski definition) is 1. The van der Waals surface area contributed by atoms with Crippen LogP contribution in [0.2, 0.25) is 10.0 Å². The van der Waals surface area contributed by atoms with E-state index in [-0.39, 0.29) is 27.2 Å². The predicted molar refractivity (Wildman–Crippen MR) is 81.9 cm³/mol.